The number of aldehydes is 1. The van der Waals surface area contributed by atoms with Crippen LogP contribution >= 0.6 is 0 Å². The SMILES string of the molecule is CCCCOc1nc(N)c2nc(OC)n(CC(O)COc3ccc(C=O)cc3)c2n1. The lowest BCUT2D eigenvalue weighted by Gasteiger charge is -2.15. The molecule has 3 N–H and O–H groups in total. The summed E-state index contributed by atoms with van der Waals surface area (Å²) in [5, 5.41) is 10.5. The van der Waals surface area contributed by atoms with E-state index in [9.17, 15) is 9.90 Å². The van der Waals surface area contributed by atoms with Crippen LogP contribution in [0.4, 0.5) is 5.82 Å². The second-order valence-corrected chi connectivity index (χ2v) is 6.63. The fourth-order valence-corrected chi connectivity index (χ4v) is 2.77. The summed E-state index contributed by atoms with van der Waals surface area (Å²) in [4.78, 5) is 23.6. The molecule has 2 aromatic heterocycles. The van der Waals surface area contributed by atoms with Gasteiger partial charge in [0.1, 0.15) is 24.7 Å². The number of benzene rings is 1. The van der Waals surface area contributed by atoms with E-state index in [1.807, 2.05) is 0 Å². The van der Waals surface area contributed by atoms with Crippen LogP contribution in [0, 0.1) is 0 Å². The minimum absolute atomic E-state index is 0.0175. The van der Waals surface area contributed by atoms with Crippen molar-refractivity contribution < 1.29 is 24.1 Å². The predicted octanol–water partition coefficient (Wildman–Crippen LogP) is 1.85. The lowest BCUT2D eigenvalue weighted by atomic mass is 10.2. The largest absolute Gasteiger partial charge is 0.491 e. The first-order valence-electron chi connectivity index (χ1n) is 9.62. The third-order valence-electron chi connectivity index (χ3n) is 4.33. The number of aliphatic hydroxyl groups is 1. The number of carbonyl (C=O) groups excluding carboxylic acids is 1. The van der Waals surface area contributed by atoms with Gasteiger partial charge >= 0.3 is 6.01 Å². The minimum atomic E-state index is -0.886. The summed E-state index contributed by atoms with van der Waals surface area (Å²) in [6.45, 7) is 2.66. The smallest absolute Gasteiger partial charge is 0.320 e. The number of nitrogens with two attached hydrogens (primary N) is 1. The summed E-state index contributed by atoms with van der Waals surface area (Å²) < 4.78 is 18.1. The number of imidazole rings is 1. The number of nitrogens with zero attached hydrogens (tertiary/aromatic N) is 4. The average Bonchev–Trinajstić information content (AvgIpc) is 3.11. The molecule has 0 aliphatic carbocycles. The normalized spacial score (nSPS) is 12.0. The average molecular weight is 415 g/mol. The van der Waals surface area contributed by atoms with E-state index in [1.165, 1.54) is 7.11 Å². The van der Waals surface area contributed by atoms with Crippen molar-refractivity contribution in [3.05, 3.63) is 29.8 Å². The summed E-state index contributed by atoms with van der Waals surface area (Å²) >= 11 is 0. The first-order chi connectivity index (χ1) is 14.5. The zero-order valence-corrected chi connectivity index (χ0v) is 16.9. The number of fused-ring (bicyclic) bond motifs is 1. The van der Waals surface area contributed by atoms with E-state index in [-0.39, 0.29) is 31.0 Å². The molecule has 0 radical (unpaired) electrons. The number of methoxy groups -OCH3 is 1. The van der Waals surface area contributed by atoms with E-state index in [0.717, 1.165) is 19.1 Å². The van der Waals surface area contributed by atoms with Crippen LogP contribution in [0.15, 0.2) is 24.3 Å². The maximum Gasteiger partial charge on any atom is 0.320 e. The molecular weight excluding hydrogens is 390 g/mol. The van der Waals surface area contributed by atoms with Gasteiger partial charge in [0.15, 0.2) is 17.0 Å². The van der Waals surface area contributed by atoms with Gasteiger partial charge in [-0.25, -0.2) is 0 Å². The fraction of sp³-hybridized carbons (Fsp3) is 0.400. The van der Waals surface area contributed by atoms with Gasteiger partial charge in [0.2, 0.25) is 0 Å². The molecule has 3 rings (SSSR count). The summed E-state index contributed by atoms with van der Waals surface area (Å²) in [6.07, 6.45) is 1.71. The maximum absolute atomic E-state index is 10.7. The Morgan fingerprint density at radius 1 is 1.20 bits per heavy atom. The Balaban J connectivity index is 1.76. The summed E-state index contributed by atoms with van der Waals surface area (Å²) in [6, 6.07) is 7.00. The van der Waals surface area contributed by atoms with Crippen LogP contribution < -0.4 is 19.9 Å². The molecule has 0 aliphatic heterocycles. The summed E-state index contributed by atoms with van der Waals surface area (Å²) in [5.41, 5.74) is 7.33. The Morgan fingerprint density at radius 3 is 2.63 bits per heavy atom. The molecule has 160 valence electrons. The van der Waals surface area contributed by atoms with Gasteiger partial charge in [0.25, 0.3) is 6.01 Å². The third-order valence-corrected chi connectivity index (χ3v) is 4.33. The molecule has 1 aromatic carbocycles. The van der Waals surface area contributed by atoms with Crippen LogP contribution in [0.5, 0.6) is 17.8 Å². The molecule has 0 bridgehead atoms. The monoisotopic (exact) mass is 415 g/mol. The van der Waals surface area contributed by atoms with Crippen molar-refractivity contribution in [3.63, 3.8) is 0 Å². The molecule has 1 atom stereocenters. The predicted molar refractivity (Wildman–Crippen MR) is 110 cm³/mol. The maximum atomic E-state index is 10.7. The Morgan fingerprint density at radius 2 is 1.97 bits per heavy atom. The van der Waals surface area contributed by atoms with E-state index in [1.54, 1.807) is 28.8 Å². The van der Waals surface area contributed by atoms with E-state index in [4.69, 9.17) is 19.9 Å². The number of hydrogen-bond acceptors (Lipinski definition) is 9. The quantitative estimate of drug-likeness (QED) is 0.355. The van der Waals surface area contributed by atoms with Crippen LogP contribution in [0.25, 0.3) is 11.2 Å². The molecule has 0 amide bonds. The number of carbonyl (C=O) groups is 1. The molecule has 0 aliphatic rings. The van der Waals surface area contributed by atoms with Crippen molar-refractivity contribution in [3.8, 4) is 17.8 Å². The number of hydrogen-bond donors (Lipinski definition) is 2. The van der Waals surface area contributed by atoms with E-state index < -0.39 is 6.10 Å². The first-order valence-corrected chi connectivity index (χ1v) is 9.62. The van der Waals surface area contributed by atoms with Gasteiger partial charge in [-0.3, -0.25) is 9.36 Å². The van der Waals surface area contributed by atoms with Crippen molar-refractivity contribution in [2.45, 2.75) is 32.4 Å². The summed E-state index contributed by atoms with van der Waals surface area (Å²) in [7, 11) is 1.47. The second kappa shape index (κ2) is 9.88. The number of nitrogen functional groups attached to an aromatic ring is 1. The second-order valence-electron chi connectivity index (χ2n) is 6.63. The number of rotatable bonds is 11. The molecule has 1 unspecified atom stereocenters. The first kappa shape index (κ1) is 21.3. The van der Waals surface area contributed by atoms with E-state index >= 15 is 0 Å². The highest BCUT2D eigenvalue weighted by atomic mass is 16.5. The highest BCUT2D eigenvalue weighted by Gasteiger charge is 2.20. The highest BCUT2D eigenvalue weighted by Crippen LogP contribution is 2.26. The Hall–Kier alpha value is -3.40. The van der Waals surface area contributed by atoms with Crippen LogP contribution in [0.3, 0.4) is 0 Å². The number of anilines is 1. The number of ether oxygens (including phenoxy) is 3. The Bertz CT molecular complexity index is 989. The highest BCUT2D eigenvalue weighted by molar-refractivity contribution is 5.83. The molecule has 2 heterocycles. The molecule has 0 saturated heterocycles. The topological polar surface area (TPSA) is 135 Å². The van der Waals surface area contributed by atoms with Gasteiger partial charge in [-0.1, -0.05) is 13.3 Å². The number of aromatic nitrogens is 4. The standard InChI is InChI=1S/C20H25N5O5/c1-3-4-9-29-19-23-17(21)16-18(24-19)25(20(22-16)28-2)10-14(27)12-30-15-7-5-13(11-26)6-8-15/h5-8,11,14,27H,3-4,9-10,12H2,1-2H3,(H2,21,23,24). The van der Waals surface area contributed by atoms with Crippen molar-refractivity contribution in [2.24, 2.45) is 0 Å². The van der Waals surface area contributed by atoms with Crippen molar-refractivity contribution in [1.29, 1.82) is 0 Å². The Kier molecular flexibility index (Phi) is 7.02. The number of aliphatic hydroxyl groups excluding tert-OH is 1. The summed E-state index contributed by atoms with van der Waals surface area (Å²) in [5.74, 6) is 0.713. The van der Waals surface area contributed by atoms with Crippen LogP contribution in [0.2, 0.25) is 0 Å². The van der Waals surface area contributed by atoms with Gasteiger partial charge < -0.3 is 25.1 Å². The van der Waals surface area contributed by atoms with Gasteiger partial charge in [-0.2, -0.15) is 15.0 Å². The molecule has 3 aromatic rings. The van der Waals surface area contributed by atoms with E-state index in [0.29, 0.717) is 29.1 Å². The molecular formula is C20H25N5O5. The zero-order valence-electron chi connectivity index (χ0n) is 16.9. The lowest BCUT2D eigenvalue weighted by molar-refractivity contribution is 0.0909. The van der Waals surface area contributed by atoms with Crippen LogP contribution in [-0.2, 0) is 6.54 Å². The van der Waals surface area contributed by atoms with Gasteiger partial charge in [0, 0.05) is 5.56 Å². The minimum Gasteiger partial charge on any atom is -0.491 e. The Labute approximate surface area is 173 Å². The van der Waals surface area contributed by atoms with Gasteiger partial charge in [-0.05, 0) is 30.7 Å². The van der Waals surface area contributed by atoms with Crippen molar-refractivity contribution >= 4 is 23.3 Å². The van der Waals surface area contributed by atoms with E-state index in [2.05, 4.69) is 21.9 Å². The van der Waals surface area contributed by atoms with Crippen LogP contribution in [0.1, 0.15) is 30.1 Å². The third kappa shape index (κ3) is 4.95. The van der Waals surface area contributed by atoms with Crippen LogP contribution in [-0.4, -0.2) is 57.3 Å². The molecule has 30 heavy (non-hydrogen) atoms. The van der Waals surface area contributed by atoms with Crippen molar-refractivity contribution in [1.82, 2.24) is 19.5 Å². The lowest BCUT2D eigenvalue weighted by Crippen LogP contribution is -2.24. The molecule has 0 fully saturated rings. The molecule has 0 saturated carbocycles. The van der Waals surface area contributed by atoms with Gasteiger partial charge in [0.05, 0.1) is 20.3 Å². The van der Waals surface area contributed by atoms with Crippen molar-refractivity contribution in [2.75, 3.05) is 26.1 Å². The molecule has 10 nitrogen and oxygen atoms in total. The zero-order chi connectivity index (χ0) is 21.5. The molecule has 10 heteroatoms. The molecule has 0 spiro atoms. The van der Waals surface area contributed by atoms with Gasteiger partial charge in [-0.15, -0.1) is 0 Å². The number of unbranched alkanes of at least 4 members (excludes halogenated alkanes) is 1. The fourth-order valence-electron chi connectivity index (χ4n) is 2.77.